The number of nitrogens with one attached hydrogen (secondary N) is 1. The highest BCUT2D eigenvalue weighted by molar-refractivity contribution is 5.98. The molecule has 1 aliphatic carbocycles. The van der Waals surface area contributed by atoms with E-state index in [9.17, 15) is 0 Å². The van der Waals surface area contributed by atoms with Crippen LogP contribution in [0.3, 0.4) is 0 Å². The van der Waals surface area contributed by atoms with E-state index in [2.05, 4.69) is 51.6 Å². The van der Waals surface area contributed by atoms with Crippen molar-refractivity contribution in [1.82, 2.24) is 10.3 Å². The SMILES string of the molecule is [C-]#[N+]c1ccc(-c2cccc3c(C4CC4)c(N4CCC5(CCNCC5)CC4)cnc23)cc1. The normalized spacial score (nSPS) is 20.4. The third-order valence-corrected chi connectivity index (χ3v) is 8.04. The number of rotatable bonds is 3. The van der Waals surface area contributed by atoms with Gasteiger partial charge in [-0.05, 0) is 74.1 Å². The van der Waals surface area contributed by atoms with E-state index in [4.69, 9.17) is 11.6 Å². The van der Waals surface area contributed by atoms with Gasteiger partial charge in [0.1, 0.15) is 0 Å². The second-order valence-electron chi connectivity index (χ2n) is 9.93. The van der Waals surface area contributed by atoms with Crippen molar-refractivity contribution in [2.75, 3.05) is 31.1 Å². The summed E-state index contributed by atoms with van der Waals surface area (Å²) in [7, 11) is 0. The first-order valence-corrected chi connectivity index (χ1v) is 12.1. The molecule has 1 saturated carbocycles. The van der Waals surface area contributed by atoms with E-state index in [-0.39, 0.29) is 0 Å². The molecule has 0 atom stereocenters. The maximum absolute atomic E-state index is 7.22. The molecule has 4 heteroatoms. The van der Waals surface area contributed by atoms with E-state index in [1.807, 2.05) is 12.1 Å². The smallest absolute Gasteiger partial charge is 0.187 e. The molecule has 1 aromatic heterocycles. The Hall–Kier alpha value is -2.90. The molecule has 3 heterocycles. The fourth-order valence-corrected chi connectivity index (χ4v) is 5.91. The van der Waals surface area contributed by atoms with Gasteiger partial charge in [0.2, 0.25) is 0 Å². The summed E-state index contributed by atoms with van der Waals surface area (Å²) in [6, 6.07) is 14.5. The maximum atomic E-state index is 7.22. The van der Waals surface area contributed by atoms with Crippen molar-refractivity contribution in [2.45, 2.75) is 44.4 Å². The molecule has 1 N–H and O–H groups in total. The summed E-state index contributed by atoms with van der Waals surface area (Å²) in [5.74, 6) is 0.671. The van der Waals surface area contributed by atoms with Gasteiger partial charge in [0.15, 0.2) is 5.69 Å². The lowest BCUT2D eigenvalue weighted by atomic mass is 9.71. The van der Waals surface area contributed by atoms with Gasteiger partial charge in [-0.25, -0.2) is 4.85 Å². The largest absolute Gasteiger partial charge is 0.370 e. The van der Waals surface area contributed by atoms with Crippen molar-refractivity contribution in [1.29, 1.82) is 0 Å². The highest BCUT2D eigenvalue weighted by Crippen LogP contribution is 2.49. The van der Waals surface area contributed by atoms with Crippen molar-refractivity contribution < 1.29 is 0 Å². The standard InChI is InChI=1S/C28H30N4/c1-29-22-9-7-20(8-10-22)23-3-2-4-24-26(21-5-6-21)25(19-31-27(23)24)32-17-13-28(14-18-32)11-15-30-16-12-28/h2-4,7-10,19,21,30H,5-6,11-18H2. The molecule has 2 aliphatic heterocycles. The van der Waals surface area contributed by atoms with E-state index < -0.39 is 0 Å². The van der Waals surface area contributed by atoms with E-state index in [0.717, 1.165) is 24.2 Å². The first-order chi connectivity index (χ1) is 15.8. The van der Waals surface area contributed by atoms with Crippen LogP contribution in [0.1, 0.15) is 50.0 Å². The monoisotopic (exact) mass is 422 g/mol. The molecule has 0 radical (unpaired) electrons. The van der Waals surface area contributed by atoms with Crippen LogP contribution in [0.15, 0.2) is 48.7 Å². The van der Waals surface area contributed by atoms with Crippen LogP contribution in [-0.2, 0) is 0 Å². The molecule has 3 aliphatic rings. The fraction of sp³-hybridized carbons (Fsp3) is 0.429. The van der Waals surface area contributed by atoms with Crippen LogP contribution < -0.4 is 10.2 Å². The number of anilines is 1. The Balaban J connectivity index is 1.37. The lowest BCUT2D eigenvalue weighted by Crippen LogP contribution is -2.45. The number of piperidine rings is 2. The van der Waals surface area contributed by atoms with Crippen molar-refractivity contribution in [3.8, 4) is 11.1 Å². The number of benzene rings is 2. The van der Waals surface area contributed by atoms with Crippen LogP contribution in [0, 0.1) is 12.0 Å². The van der Waals surface area contributed by atoms with Gasteiger partial charge in [0, 0.05) is 24.0 Å². The number of fused-ring (bicyclic) bond motifs is 1. The summed E-state index contributed by atoms with van der Waals surface area (Å²) in [6.07, 6.45) is 10.0. The minimum absolute atomic E-state index is 0.566. The van der Waals surface area contributed by atoms with Crippen molar-refractivity contribution >= 4 is 22.3 Å². The lowest BCUT2D eigenvalue weighted by Gasteiger charge is -2.45. The van der Waals surface area contributed by atoms with Gasteiger partial charge in [0.05, 0.1) is 24.0 Å². The van der Waals surface area contributed by atoms with E-state index in [0.29, 0.717) is 17.0 Å². The second-order valence-corrected chi connectivity index (χ2v) is 9.93. The highest BCUT2D eigenvalue weighted by atomic mass is 15.1. The summed E-state index contributed by atoms with van der Waals surface area (Å²) in [6.45, 7) is 11.9. The number of nitrogens with zero attached hydrogens (tertiary/aromatic N) is 3. The fourth-order valence-electron chi connectivity index (χ4n) is 5.91. The molecule has 32 heavy (non-hydrogen) atoms. The van der Waals surface area contributed by atoms with Crippen LogP contribution >= 0.6 is 0 Å². The molecule has 0 unspecified atom stereocenters. The first kappa shape index (κ1) is 19.8. The molecule has 0 bridgehead atoms. The van der Waals surface area contributed by atoms with Gasteiger partial charge >= 0.3 is 0 Å². The molecule has 4 nitrogen and oxygen atoms in total. The predicted octanol–water partition coefficient (Wildman–Crippen LogP) is 6.30. The zero-order valence-corrected chi connectivity index (χ0v) is 18.6. The second kappa shape index (κ2) is 7.90. The minimum Gasteiger partial charge on any atom is -0.370 e. The molecule has 3 aromatic rings. The van der Waals surface area contributed by atoms with Crippen LogP contribution in [-0.4, -0.2) is 31.2 Å². The number of para-hydroxylation sites is 1. The summed E-state index contributed by atoms with van der Waals surface area (Å²) in [5.41, 5.74) is 7.55. The van der Waals surface area contributed by atoms with Gasteiger partial charge in [-0.2, -0.15) is 0 Å². The predicted molar refractivity (Wildman–Crippen MR) is 131 cm³/mol. The Morgan fingerprint density at radius 1 is 0.969 bits per heavy atom. The van der Waals surface area contributed by atoms with Crippen molar-refractivity contribution in [3.05, 3.63) is 65.6 Å². The van der Waals surface area contributed by atoms with E-state index >= 15 is 0 Å². The Morgan fingerprint density at radius 2 is 1.72 bits per heavy atom. The highest BCUT2D eigenvalue weighted by Gasteiger charge is 2.37. The number of hydrogen-bond donors (Lipinski definition) is 1. The molecular weight excluding hydrogens is 392 g/mol. The minimum atomic E-state index is 0.566. The number of hydrogen-bond acceptors (Lipinski definition) is 3. The number of aromatic nitrogens is 1. The maximum Gasteiger partial charge on any atom is 0.187 e. The summed E-state index contributed by atoms with van der Waals surface area (Å²) in [5, 5.41) is 4.86. The molecule has 2 saturated heterocycles. The number of pyridine rings is 1. The summed E-state index contributed by atoms with van der Waals surface area (Å²) >= 11 is 0. The molecule has 6 rings (SSSR count). The molecule has 162 valence electrons. The molecular formula is C28H30N4. The zero-order chi connectivity index (χ0) is 21.5. The van der Waals surface area contributed by atoms with Crippen molar-refractivity contribution in [2.24, 2.45) is 5.41 Å². The lowest BCUT2D eigenvalue weighted by molar-refractivity contribution is 0.155. The Labute approximate surface area is 190 Å². The van der Waals surface area contributed by atoms with Gasteiger partial charge in [-0.1, -0.05) is 42.5 Å². The Bertz CT molecular complexity index is 1170. The zero-order valence-electron chi connectivity index (χ0n) is 18.6. The summed E-state index contributed by atoms with van der Waals surface area (Å²) < 4.78 is 0. The van der Waals surface area contributed by atoms with Gasteiger partial charge in [-0.15, -0.1) is 0 Å². The molecule has 1 spiro atoms. The quantitative estimate of drug-likeness (QED) is 0.503. The Kier molecular flexibility index (Phi) is 4.88. The van der Waals surface area contributed by atoms with Gasteiger partial charge < -0.3 is 10.2 Å². The third-order valence-electron chi connectivity index (χ3n) is 8.04. The van der Waals surface area contributed by atoms with Crippen LogP contribution in [0.4, 0.5) is 11.4 Å². The van der Waals surface area contributed by atoms with Crippen molar-refractivity contribution in [3.63, 3.8) is 0 Å². The third kappa shape index (κ3) is 3.45. The molecule has 2 aromatic carbocycles. The average molecular weight is 423 g/mol. The average Bonchev–Trinajstić information content (AvgIpc) is 3.69. The molecule has 3 fully saturated rings. The first-order valence-electron chi connectivity index (χ1n) is 12.1. The van der Waals surface area contributed by atoms with Gasteiger partial charge in [0.25, 0.3) is 0 Å². The topological polar surface area (TPSA) is 32.5 Å². The van der Waals surface area contributed by atoms with Crippen LogP contribution in [0.2, 0.25) is 0 Å². The van der Waals surface area contributed by atoms with Crippen LogP contribution in [0.25, 0.3) is 26.9 Å². The van der Waals surface area contributed by atoms with E-state index in [1.165, 1.54) is 73.8 Å². The van der Waals surface area contributed by atoms with E-state index in [1.54, 1.807) is 0 Å². The van der Waals surface area contributed by atoms with Crippen LogP contribution in [0.5, 0.6) is 0 Å². The Morgan fingerprint density at radius 3 is 2.41 bits per heavy atom. The van der Waals surface area contributed by atoms with Gasteiger partial charge in [-0.3, -0.25) is 4.98 Å². The molecule has 0 amide bonds. The summed E-state index contributed by atoms with van der Waals surface area (Å²) in [4.78, 5) is 11.2.